The van der Waals surface area contributed by atoms with Crippen LogP contribution >= 0.6 is 11.3 Å². The van der Waals surface area contributed by atoms with Crippen LogP contribution in [0.25, 0.3) is 15.9 Å². The van der Waals surface area contributed by atoms with Crippen molar-refractivity contribution in [3.63, 3.8) is 0 Å². The SMILES string of the molecule is CCCCNC(=O)c1nc2c3c4c(sc3nc(C)n2n1)COC(C)(C)C4. The number of fused-ring (bicyclic) bond motifs is 5. The molecule has 0 saturated carbocycles. The Hall–Kier alpha value is -2.06. The van der Waals surface area contributed by atoms with Gasteiger partial charge in [0.15, 0.2) is 5.65 Å². The van der Waals surface area contributed by atoms with Crippen LogP contribution in [-0.4, -0.2) is 37.6 Å². The number of aromatic nitrogens is 4. The Balaban J connectivity index is 1.84. The van der Waals surface area contributed by atoms with E-state index >= 15 is 0 Å². The number of ether oxygens (including phenoxy) is 1. The largest absolute Gasteiger partial charge is 0.370 e. The molecule has 0 fully saturated rings. The summed E-state index contributed by atoms with van der Waals surface area (Å²) >= 11 is 1.65. The van der Waals surface area contributed by atoms with Gasteiger partial charge in [0.25, 0.3) is 5.91 Å². The molecule has 138 valence electrons. The van der Waals surface area contributed by atoms with Crippen molar-refractivity contribution in [1.82, 2.24) is 24.9 Å². The van der Waals surface area contributed by atoms with Crippen LogP contribution in [0.1, 0.15) is 60.5 Å². The predicted octanol–water partition coefficient (Wildman–Crippen LogP) is 3.03. The number of thiophene rings is 1. The summed E-state index contributed by atoms with van der Waals surface area (Å²) in [5.41, 5.74) is 1.72. The molecule has 0 unspecified atom stereocenters. The number of hydrogen-bond acceptors (Lipinski definition) is 6. The number of hydrogen-bond donors (Lipinski definition) is 1. The van der Waals surface area contributed by atoms with Gasteiger partial charge in [-0.1, -0.05) is 13.3 Å². The minimum absolute atomic E-state index is 0.199. The highest BCUT2D eigenvalue weighted by Gasteiger charge is 2.31. The summed E-state index contributed by atoms with van der Waals surface area (Å²) in [7, 11) is 0. The molecule has 0 bridgehead atoms. The van der Waals surface area contributed by atoms with Crippen LogP contribution in [0.2, 0.25) is 0 Å². The molecule has 26 heavy (non-hydrogen) atoms. The lowest BCUT2D eigenvalue weighted by Crippen LogP contribution is -2.31. The Morgan fingerprint density at radius 1 is 1.38 bits per heavy atom. The Kier molecular flexibility index (Phi) is 4.19. The van der Waals surface area contributed by atoms with E-state index < -0.39 is 0 Å². The van der Waals surface area contributed by atoms with E-state index in [2.05, 4.69) is 36.2 Å². The van der Waals surface area contributed by atoms with Gasteiger partial charge in [-0.2, -0.15) is 4.52 Å². The Morgan fingerprint density at radius 3 is 2.96 bits per heavy atom. The Labute approximate surface area is 155 Å². The number of aryl methyl sites for hydroxylation is 1. The van der Waals surface area contributed by atoms with Crippen molar-refractivity contribution in [2.24, 2.45) is 0 Å². The standard InChI is InChI=1S/C18H23N5O2S/c1-5-6-7-19-16(24)14-21-15-13-11-8-18(3,4)25-9-12(11)26-17(13)20-10(2)23(15)22-14/h5-9H2,1-4H3,(H,19,24). The maximum atomic E-state index is 12.4. The van der Waals surface area contributed by atoms with Gasteiger partial charge in [0.2, 0.25) is 5.82 Å². The van der Waals surface area contributed by atoms with Crippen LogP contribution in [0.5, 0.6) is 0 Å². The number of nitrogens with zero attached hydrogens (tertiary/aromatic N) is 4. The second-order valence-electron chi connectivity index (χ2n) is 7.35. The monoisotopic (exact) mass is 373 g/mol. The second kappa shape index (κ2) is 6.28. The highest BCUT2D eigenvalue weighted by molar-refractivity contribution is 7.19. The lowest BCUT2D eigenvalue weighted by Gasteiger charge is -2.30. The van der Waals surface area contributed by atoms with E-state index in [1.54, 1.807) is 15.9 Å². The fourth-order valence-electron chi connectivity index (χ4n) is 3.30. The van der Waals surface area contributed by atoms with Gasteiger partial charge in [-0.05, 0) is 32.8 Å². The number of rotatable bonds is 4. The van der Waals surface area contributed by atoms with Gasteiger partial charge in [0, 0.05) is 17.8 Å². The molecule has 1 amide bonds. The Bertz CT molecular complexity index is 1000. The molecule has 8 heteroatoms. The first-order valence-electron chi connectivity index (χ1n) is 8.99. The number of carbonyl (C=O) groups excluding carboxylic acids is 1. The zero-order valence-electron chi connectivity index (χ0n) is 15.5. The summed E-state index contributed by atoms with van der Waals surface area (Å²) in [6.45, 7) is 9.39. The maximum Gasteiger partial charge on any atom is 0.290 e. The predicted molar refractivity (Wildman–Crippen MR) is 101 cm³/mol. The summed E-state index contributed by atoms with van der Waals surface area (Å²) < 4.78 is 7.62. The van der Waals surface area contributed by atoms with Gasteiger partial charge in [-0.3, -0.25) is 4.79 Å². The molecule has 7 nitrogen and oxygen atoms in total. The van der Waals surface area contributed by atoms with Crippen molar-refractivity contribution in [3.8, 4) is 0 Å². The molecule has 0 spiro atoms. The minimum atomic E-state index is -0.234. The van der Waals surface area contributed by atoms with Gasteiger partial charge in [-0.25, -0.2) is 9.97 Å². The number of carbonyl (C=O) groups is 1. The summed E-state index contributed by atoms with van der Waals surface area (Å²) in [6.07, 6.45) is 2.77. The first kappa shape index (κ1) is 17.4. The third kappa shape index (κ3) is 2.87. The van der Waals surface area contributed by atoms with Crippen LogP contribution in [-0.2, 0) is 17.8 Å². The van der Waals surface area contributed by atoms with Crippen molar-refractivity contribution in [2.45, 2.75) is 59.2 Å². The molecule has 0 atom stereocenters. The summed E-state index contributed by atoms with van der Waals surface area (Å²) in [4.78, 5) is 23.8. The van der Waals surface area contributed by atoms with Gasteiger partial charge in [0.05, 0.1) is 17.6 Å². The topological polar surface area (TPSA) is 81.4 Å². The maximum absolute atomic E-state index is 12.4. The molecule has 0 aliphatic carbocycles. The highest BCUT2D eigenvalue weighted by atomic mass is 32.1. The fraction of sp³-hybridized carbons (Fsp3) is 0.556. The highest BCUT2D eigenvalue weighted by Crippen LogP contribution is 2.39. The average molecular weight is 373 g/mol. The molecular formula is C18H23N5O2S. The van der Waals surface area contributed by atoms with E-state index in [-0.39, 0.29) is 17.3 Å². The van der Waals surface area contributed by atoms with Crippen molar-refractivity contribution >= 4 is 33.1 Å². The fourth-order valence-corrected chi connectivity index (χ4v) is 4.44. The van der Waals surface area contributed by atoms with Crippen LogP contribution in [0.3, 0.4) is 0 Å². The van der Waals surface area contributed by atoms with Crippen molar-refractivity contribution < 1.29 is 9.53 Å². The van der Waals surface area contributed by atoms with E-state index in [9.17, 15) is 4.79 Å². The molecule has 0 aromatic carbocycles. The van der Waals surface area contributed by atoms with Crippen LogP contribution < -0.4 is 5.32 Å². The molecule has 0 saturated heterocycles. The van der Waals surface area contributed by atoms with E-state index in [1.165, 1.54) is 10.4 Å². The third-order valence-electron chi connectivity index (χ3n) is 4.69. The van der Waals surface area contributed by atoms with Crippen LogP contribution in [0.15, 0.2) is 0 Å². The summed E-state index contributed by atoms with van der Waals surface area (Å²) in [6, 6.07) is 0. The van der Waals surface area contributed by atoms with Crippen molar-refractivity contribution in [2.75, 3.05) is 6.54 Å². The number of amides is 1. The van der Waals surface area contributed by atoms with Gasteiger partial charge < -0.3 is 10.1 Å². The van der Waals surface area contributed by atoms with Gasteiger partial charge in [-0.15, -0.1) is 16.4 Å². The average Bonchev–Trinajstić information content (AvgIpc) is 3.15. The number of unbranched alkanes of at least 4 members (excludes halogenated alkanes) is 1. The summed E-state index contributed by atoms with van der Waals surface area (Å²) in [5, 5.41) is 8.30. The molecule has 1 aliphatic rings. The lowest BCUT2D eigenvalue weighted by atomic mass is 9.94. The van der Waals surface area contributed by atoms with E-state index in [0.29, 0.717) is 18.8 Å². The molecule has 1 aliphatic heterocycles. The molecular weight excluding hydrogens is 350 g/mol. The first-order valence-corrected chi connectivity index (χ1v) is 9.81. The van der Waals surface area contributed by atoms with Crippen LogP contribution in [0, 0.1) is 6.92 Å². The zero-order chi connectivity index (χ0) is 18.5. The van der Waals surface area contributed by atoms with E-state index in [0.717, 1.165) is 35.3 Å². The lowest BCUT2D eigenvalue weighted by molar-refractivity contribution is -0.0379. The van der Waals surface area contributed by atoms with Crippen LogP contribution in [0.4, 0.5) is 0 Å². The normalized spacial score (nSPS) is 16.2. The molecule has 0 radical (unpaired) electrons. The quantitative estimate of drug-likeness (QED) is 0.711. The molecule has 4 heterocycles. The zero-order valence-corrected chi connectivity index (χ0v) is 16.4. The van der Waals surface area contributed by atoms with Gasteiger partial charge in [0.1, 0.15) is 10.7 Å². The molecule has 3 aromatic heterocycles. The third-order valence-corrected chi connectivity index (χ3v) is 5.79. The van der Waals surface area contributed by atoms with E-state index in [4.69, 9.17) is 9.72 Å². The van der Waals surface area contributed by atoms with Crippen molar-refractivity contribution in [1.29, 1.82) is 0 Å². The smallest absolute Gasteiger partial charge is 0.290 e. The second-order valence-corrected chi connectivity index (χ2v) is 8.43. The molecule has 3 aromatic rings. The molecule has 4 rings (SSSR count). The molecule has 1 N–H and O–H groups in total. The number of nitrogens with one attached hydrogen (secondary N) is 1. The summed E-state index contributed by atoms with van der Waals surface area (Å²) in [5.74, 6) is 0.693. The van der Waals surface area contributed by atoms with Crippen molar-refractivity contribution in [3.05, 3.63) is 22.1 Å². The Morgan fingerprint density at radius 2 is 2.19 bits per heavy atom. The van der Waals surface area contributed by atoms with Gasteiger partial charge >= 0.3 is 0 Å². The van der Waals surface area contributed by atoms with E-state index in [1.807, 2.05) is 6.92 Å². The minimum Gasteiger partial charge on any atom is -0.370 e. The first-order chi connectivity index (χ1) is 12.4.